The fourth-order valence-corrected chi connectivity index (χ4v) is 3.18. The van der Waals surface area contributed by atoms with Gasteiger partial charge in [0, 0.05) is 6.61 Å². The molecule has 31 heavy (non-hydrogen) atoms. The van der Waals surface area contributed by atoms with Crippen molar-refractivity contribution in [3.8, 4) is 11.5 Å². The van der Waals surface area contributed by atoms with Crippen LogP contribution in [0.5, 0.6) is 11.5 Å². The molecule has 2 aromatic rings. The van der Waals surface area contributed by atoms with E-state index in [4.69, 9.17) is 19.0 Å². The van der Waals surface area contributed by atoms with Gasteiger partial charge in [0.1, 0.15) is 31.8 Å². The predicted octanol–water partition coefficient (Wildman–Crippen LogP) is 5.66. The van der Waals surface area contributed by atoms with Crippen molar-refractivity contribution in [2.75, 3.05) is 33.5 Å². The monoisotopic (exact) mass is 425 g/mol. The Morgan fingerprint density at radius 3 is 2.32 bits per heavy atom. The van der Waals surface area contributed by atoms with Crippen molar-refractivity contribution in [2.24, 2.45) is 5.16 Å². The van der Waals surface area contributed by atoms with E-state index in [1.165, 1.54) is 5.56 Å². The Bertz CT molecular complexity index is 805. The summed E-state index contributed by atoms with van der Waals surface area (Å²) in [7, 11) is 1.54. The van der Waals surface area contributed by atoms with Gasteiger partial charge in [-0.1, -0.05) is 41.6 Å². The van der Waals surface area contributed by atoms with Crippen LogP contribution in [0.15, 0.2) is 53.7 Å². The maximum absolute atomic E-state index is 5.95. The Labute approximate surface area is 186 Å². The van der Waals surface area contributed by atoms with Crippen LogP contribution < -0.4 is 9.47 Å². The standard InChI is InChI=1S/C26H35NO4/c1-5-6-15-30-25-18-21(2)26(22(3)19-25)31-17-16-29-14-8-7-9-23-10-12-24(13-11-23)20-27-28-4/h5-6,10-13,18-20H,7-9,14-17H2,1-4H3/b6-5+,27-20+. The second-order valence-electron chi connectivity index (χ2n) is 7.34. The zero-order chi connectivity index (χ0) is 22.3. The lowest BCUT2D eigenvalue weighted by molar-refractivity contribution is 0.0970. The summed E-state index contributed by atoms with van der Waals surface area (Å²) in [4.78, 5) is 4.69. The molecule has 2 rings (SSSR count). The molecular formula is C26H35NO4. The summed E-state index contributed by atoms with van der Waals surface area (Å²) >= 11 is 0. The number of nitrogens with zero attached hydrogens (tertiary/aromatic N) is 1. The van der Waals surface area contributed by atoms with Crippen molar-refractivity contribution >= 4 is 6.21 Å². The topological polar surface area (TPSA) is 49.3 Å². The molecule has 0 spiro atoms. The lowest BCUT2D eigenvalue weighted by Gasteiger charge is -2.14. The van der Waals surface area contributed by atoms with Crippen molar-refractivity contribution in [1.29, 1.82) is 0 Å². The maximum Gasteiger partial charge on any atom is 0.125 e. The number of allylic oxidation sites excluding steroid dienone is 1. The van der Waals surface area contributed by atoms with Crippen LogP contribution in [-0.2, 0) is 16.0 Å². The quantitative estimate of drug-likeness (QED) is 0.170. The fourth-order valence-electron chi connectivity index (χ4n) is 3.18. The number of ether oxygens (including phenoxy) is 3. The molecule has 0 bridgehead atoms. The molecule has 0 heterocycles. The van der Waals surface area contributed by atoms with Crippen molar-refractivity contribution in [3.05, 3.63) is 70.8 Å². The first-order valence-corrected chi connectivity index (χ1v) is 10.8. The van der Waals surface area contributed by atoms with Gasteiger partial charge in [-0.3, -0.25) is 0 Å². The first-order chi connectivity index (χ1) is 15.1. The number of rotatable bonds is 14. The molecule has 0 aromatic heterocycles. The molecule has 0 atom stereocenters. The molecular weight excluding hydrogens is 390 g/mol. The van der Waals surface area contributed by atoms with Crippen LogP contribution in [0, 0.1) is 13.8 Å². The van der Waals surface area contributed by atoms with Crippen LogP contribution in [0.25, 0.3) is 0 Å². The summed E-state index contributed by atoms with van der Waals surface area (Å²) in [6.45, 7) is 8.54. The van der Waals surface area contributed by atoms with Crippen LogP contribution in [0.4, 0.5) is 0 Å². The first kappa shape index (κ1) is 24.5. The molecule has 168 valence electrons. The summed E-state index contributed by atoms with van der Waals surface area (Å²) < 4.78 is 17.4. The fraction of sp³-hybridized carbons (Fsp3) is 0.423. The zero-order valence-corrected chi connectivity index (χ0v) is 19.2. The number of hydrogen-bond acceptors (Lipinski definition) is 5. The van der Waals surface area contributed by atoms with Gasteiger partial charge < -0.3 is 19.0 Å². The Morgan fingerprint density at radius 1 is 0.903 bits per heavy atom. The lowest BCUT2D eigenvalue weighted by Crippen LogP contribution is -2.09. The van der Waals surface area contributed by atoms with E-state index in [2.05, 4.69) is 29.4 Å². The Hall–Kier alpha value is -2.79. The van der Waals surface area contributed by atoms with Crippen LogP contribution >= 0.6 is 0 Å². The van der Waals surface area contributed by atoms with Crippen molar-refractivity contribution in [2.45, 2.75) is 40.0 Å². The van der Waals surface area contributed by atoms with Gasteiger partial charge in [0.05, 0.1) is 12.8 Å². The highest BCUT2D eigenvalue weighted by Crippen LogP contribution is 2.28. The van der Waals surface area contributed by atoms with Gasteiger partial charge in [-0.2, -0.15) is 0 Å². The van der Waals surface area contributed by atoms with Gasteiger partial charge in [0.25, 0.3) is 0 Å². The minimum absolute atomic E-state index is 0.547. The third-order valence-electron chi connectivity index (χ3n) is 4.78. The summed E-state index contributed by atoms with van der Waals surface area (Å²) in [6, 6.07) is 12.4. The zero-order valence-electron chi connectivity index (χ0n) is 19.2. The van der Waals surface area contributed by atoms with Crippen molar-refractivity contribution in [3.63, 3.8) is 0 Å². The summed E-state index contributed by atoms with van der Waals surface area (Å²) in [5.74, 6) is 1.79. The predicted molar refractivity (Wildman–Crippen MR) is 127 cm³/mol. The van der Waals surface area contributed by atoms with E-state index < -0.39 is 0 Å². The number of benzene rings is 2. The van der Waals surface area contributed by atoms with Gasteiger partial charge in [-0.05, 0) is 74.4 Å². The van der Waals surface area contributed by atoms with E-state index in [1.807, 2.05) is 45.1 Å². The number of unbranched alkanes of at least 4 members (excludes halogenated alkanes) is 1. The number of aryl methyl sites for hydroxylation is 3. The molecule has 0 unspecified atom stereocenters. The van der Waals surface area contributed by atoms with Gasteiger partial charge in [0.15, 0.2) is 0 Å². The van der Waals surface area contributed by atoms with Crippen LogP contribution in [-0.4, -0.2) is 39.8 Å². The Morgan fingerprint density at radius 2 is 1.65 bits per heavy atom. The minimum Gasteiger partial charge on any atom is -0.491 e. The molecule has 0 saturated carbocycles. The van der Waals surface area contributed by atoms with E-state index in [0.717, 1.165) is 54.1 Å². The third-order valence-corrected chi connectivity index (χ3v) is 4.78. The summed E-state index contributed by atoms with van der Waals surface area (Å²) in [5.41, 5.74) is 4.52. The molecule has 0 aliphatic heterocycles. The second kappa shape index (κ2) is 14.3. The van der Waals surface area contributed by atoms with Gasteiger partial charge in [-0.15, -0.1) is 0 Å². The van der Waals surface area contributed by atoms with Crippen LogP contribution in [0.2, 0.25) is 0 Å². The normalized spacial score (nSPS) is 11.4. The number of oxime groups is 1. The highest BCUT2D eigenvalue weighted by molar-refractivity contribution is 5.79. The molecule has 0 fully saturated rings. The van der Waals surface area contributed by atoms with Crippen LogP contribution in [0.3, 0.4) is 0 Å². The van der Waals surface area contributed by atoms with Gasteiger partial charge in [-0.25, -0.2) is 0 Å². The Balaban J connectivity index is 1.60. The molecule has 0 aliphatic carbocycles. The van der Waals surface area contributed by atoms with Gasteiger partial charge in [0.2, 0.25) is 0 Å². The molecule has 5 nitrogen and oxygen atoms in total. The molecule has 0 saturated heterocycles. The Kier molecular flexibility index (Phi) is 11.3. The third kappa shape index (κ3) is 9.26. The molecule has 0 aliphatic rings. The molecule has 2 aromatic carbocycles. The minimum atomic E-state index is 0.547. The van der Waals surface area contributed by atoms with Crippen molar-refractivity contribution in [1.82, 2.24) is 0 Å². The number of hydrogen-bond donors (Lipinski definition) is 0. The lowest BCUT2D eigenvalue weighted by atomic mass is 10.1. The second-order valence-corrected chi connectivity index (χ2v) is 7.34. The first-order valence-electron chi connectivity index (χ1n) is 10.8. The van der Waals surface area contributed by atoms with Gasteiger partial charge >= 0.3 is 0 Å². The SMILES string of the molecule is C/C=C/COc1cc(C)c(OCCOCCCCc2ccc(/C=N/OC)cc2)c(C)c1. The van der Waals surface area contributed by atoms with E-state index in [9.17, 15) is 0 Å². The summed E-state index contributed by atoms with van der Waals surface area (Å²) in [5, 5.41) is 3.77. The van der Waals surface area contributed by atoms with Crippen molar-refractivity contribution < 1.29 is 19.0 Å². The smallest absolute Gasteiger partial charge is 0.125 e. The maximum atomic E-state index is 5.95. The van der Waals surface area contributed by atoms with E-state index in [-0.39, 0.29) is 0 Å². The highest BCUT2D eigenvalue weighted by atomic mass is 16.6. The van der Waals surface area contributed by atoms with Crippen LogP contribution in [0.1, 0.15) is 42.0 Å². The molecule has 0 N–H and O–H groups in total. The average molecular weight is 426 g/mol. The molecule has 5 heteroatoms. The molecule has 0 radical (unpaired) electrons. The average Bonchev–Trinajstić information content (AvgIpc) is 2.76. The largest absolute Gasteiger partial charge is 0.491 e. The summed E-state index contributed by atoms with van der Waals surface area (Å²) in [6.07, 6.45) is 8.84. The van der Waals surface area contributed by atoms with E-state index in [0.29, 0.717) is 19.8 Å². The highest BCUT2D eigenvalue weighted by Gasteiger charge is 2.07. The molecule has 0 amide bonds. The van der Waals surface area contributed by atoms with E-state index in [1.54, 1.807) is 13.3 Å². The van der Waals surface area contributed by atoms with E-state index >= 15 is 0 Å².